The third kappa shape index (κ3) is 3.16. The number of esters is 2. The van der Waals surface area contributed by atoms with Crippen molar-refractivity contribution >= 4 is 28.3 Å². The fourth-order valence-corrected chi connectivity index (χ4v) is 2.92. The van der Waals surface area contributed by atoms with Gasteiger partial charge in [0.25, 0.3) is 0 Å². The average molecular weight is 308 g/mol. The topological polar surface area (TPSA) is 102 Å². The zero-order chi connectivity index (χ0) is 15.6. The van der Waals surface area contributed by atoms with Crippen LogP contribution in [0, 0.1) is 23.2 Å². The molecule has 1 aliphatic carbocycles. The molecule has 0 bridgehead atoms. The van der Waals surface area contributed by atoms with E-state index in [4.69, 9.17) is 20.5 Å². The van der Waals surface area contributed by atoms with Crippen molar-refractivity contribution in [3.05, 3.63) is 16.0 Å². The molecule has 0 aliphatic heterocycles. The van der Waals surface area contributed by atoms with E-state index in [1.165, 1.54) is 0 Å². The van der Waals surface area contributed by atoms with Crippen molar-refractivity contribution in [1.29, 1.82) is 5.26 Å². The second-order valence-electron chi connectivity index (χ2n) is 4.91. The van der Waals surface area contributed by atoms with E-state index in [2.05, 4.69) is 0 Å². The molecule has 2 atom stereocenters. The number of nitrogens with zero attached hydrogens (tertiary/aromatic N) is 1. The van der Waals surface area contributed by atoms with Crippen LogP contribution in [0.2, 0.25) is 0 Å². The molecule has 1 aliphatic rings. The van der Waals surface area contributed by atoms with E-state index in [0.717, 1.165) is 17.8 Å². The monoisotopic (exact) mass is 308 g/mol. The smallest absolute Gasteiger partial charge is 0.348 e. The highest BCUT2D eigenvalue weighted by Crippen LogP contribution is 2.39. The van der Waals surface area contributed by atoms with Gasteiger partial charge in [-0.25, -0.2) is 4.79 Å². The van der Waals surface area contributed by atoms with Crippen molar-refractivity contribution in [2.24, 2.45) is 11.8 Å². The maximum Gasteiger partial charge on any atom is 0.348 e. The number of thiophene rings is 1. The van der Waals surface area contributed by atoms with E-state index in [1.54, 1.807) is 6.92 Å². The number of carbonyl (C=O) groups excluding carboxylic acids is 2. The molecule has 0 aromatic carbocycles. The summed E-state index contributed by atoms with van der Waals surface area (Å²) in [5.41, 5.74) is 6.25. The fraction of sp³-hybridized carbons (Fsp3) is 0.500. The Morgan fingerprint density at radius 2 is 2.14 bits per heavy atom. The number of hydrogen-bond acceptors (Lipinski definition) is 7. The summed E-state index contributed by atoms with van der Waals surface area (Å²) in [4.78, 5) is 23.9. The van der Waals surface area contributed by atoms with Crippen molar-refractivity contribution in [1.82, 2.24) is 0 Å². The Morgan fingerprint density at radius 3 is 2.67 bits per heavy atom. The van der Waals surface area contributed by atoms with Crippen molar-refractivity contribution in [3.63, 3.8) is 0 Å². The number of hydrogen-bond donors (Lipinski definition) is 1. The molecule has 1 fully saturated rings. The van der Waals surface area contributed by atoms with Crippen LogP contribution >= 0.6 is 11.3 Å². The number of rotatable bonds is 5. The first-order valence-corrected chi connectivity index (χ1v) is 7.46. The Bertz CT molecular complexity index is 617. The third-order valence-corrected chi connectivity index (χ3v) is 4.42. The molecule has 112 valence electrons. The Hall–Kier alpha value is -2.07. The van der Waals surface area contributed by atoms with Crippen molar-refractivity contribution in [2.45, 2.75) is 26.9 Å². The van der Waals surface area contributed by atoms with Crippen LogP contribution in [0.4, 0.5) is 5.00 Å². The van der Waals surface area contributed by atoms with Crippen LogP contribution in [0.15, 0.2) is 0 Å². The molecule has 6 nitrogen and oxygen atoms in total. The summed E-state index contributed by atoms with van der Waals surface area (Å²) in [5.74, 6) is -0.588. The molecular weight excluding hydrogens is 292 g/mol. The summed E-state index contributed by atoms with van der Waals surface area (Å²) in [6.45, 7) is 3.75. The molecule has 2 rings (SSSR count). The first-order chi connectivity index (χ1) is 9.99. The molecule has 2 N–H and O–H groups in total. The lowest BCUT2D eigenvalue weighted by atomic mass is 10.1. The lowest BCUT2D eigenvalue weighted by Gasteiger charge is -2.06. The number of carbonyl (C=O) groups is 2. The van der Waals surface area contributed by atoms with Gasteiger partial charge in [0.05, 0.1) is 18.1 Å². The largest absolute Gasteiger partial charge is 0.462 e. The van der Waals surface area contributed by atoms with Gasteiger partial charge in [-0.1, -0.05) is 6.92 Å². The van der Waals surface area contributed by atoms with E-state index in [-0.39, 0.29) is 40.5 Å². The highest BCUT2D eigenvalue weighted by Gasteiger charge is 2.40. The third-order valence-electron chi connectivity index (χ3n) is 3.38. The van der Waals surface area contributed by atoms with E-state index in [1.807, 2.05) is 13.0 Å². The number of ether oxygens (including phenoxy) is 2. The van der Waals surface area contributed by atoms with Crippen LogP contribution in [0.3, 0.4) is 0 Å². The number of anilines is 1. The molecule has 7 heteroatoms. The molecule has 1 aromatic rings. The number of nitrogens with two attached hydrogens (primary N) is 1. The predicted molar refractivity (Wildman–Crippen MR) is 76.5 cm³/mol. The molecule has 1 saturated carbocycles. The lowest BCUT2D eigenvalue weighted by Crippen LogP contribution is -2.11. The van der Waals surface area contributed by atoms with E-state index in [0.29, 0.717) is 11.5 Å². The van der Waals surface area contributed by atoms with Crippen LogP contribution in [-0.4, -0.2) is 18.5 Å². The summed E-state index contributed by atoms with van der Waals surface area (Å²) in [6.07, 6.45) is 0.820. The second-order valence-corrected chi connectivity index (χ2v) is 5.96. The van der Waals surface area contributed by atoms with Gasteiger partial charge in [0.2, 0.25) is 0 Å². The molecule has 0 spiro atoms. The van der Waals surface area contributed by atoms with Gasteiger partial charge >= 0.3 is 11.9 Å². The maximum atomic E-state index is 11.9. The molecule has 0 amide bonds. The lowest BCUT2D eigenvalue weighted by molar-refractivity contribution is -0.146. The van der Waals surface area contributed by atoms with Crippen LogP contribution in [0.25, 0.3) is 0 Å². The zero-order valence-electron chi connectivity index (χ0n) is 11.8. The van der Waals surface area contributed by atoms with Crippen molar-refractivity contribution < 1.29 is 19.1 Å². The first kappa shape index (κ1) is 15.3. The van der Waals surface area contributed by atoms with Gasteiger partial charge in [-0.2, -0.15) is 5.26 Å². The van der Waals surface area contributed by atoms with Crippen LogP contribution in [-0.2, 0) is 20.9 Å². The highest BCUT2D eigenvalue weighted by atomic mass is 32.1. The second kappa shape index (κ2) is 6.14. The maximum absolute atomic E-state index is 11.9. The zero-order valence-corrected chi connectivity index (χ0v) is 12.7. The van der Waals surface area contributed by atoms with Gasteiger partial charge < -0.3 is 15.2 Å². The van der Waals surface area contributed by atoms with Gasteiger partial charge in [-0.05, 0) is 19.3 Å². The number of nitriles is 1. The van der Waals surface area contributed by atoms with Gasteiger partial charge in [0.15, 0.2) is 0 Å². The van der Waals surface area contributed by atoms with E-state index >= 15 is 0 Å². The predicted octanol–water partition coefficient (Wildman–Crippen LogP) is 2.08. The molecule has 1 aromatic heterocycles. The van der Waals surface area contributed by atoms with Gasteiger partial charge in [0.1, 0.15) is 22.6 Å². The Kier molecular flexibility index (Phi) is 4.48. The summed E-state index contributed by atoms with van der Waals surface area (Å²) in [7, 11) is 0. The minimum atomic E-state index is -0.554. The van der Waals surface area contributed by atoms with Gasteiger partial charge in [0, 0.05) is 5.56 Å². The minimum Gasteiger partial charge on any atom is -0.462 e. The van der Waals surface area contributed by atoms with Gasteiger partial charge in [-0.3, -0.25) is 4.79 Å². The molecule has 21 heavy (non-hydrogen) atoms. The average Bonchev–Trinajstić information content (AvgIpc) is 3.08. The summed E-state index contributed by atoms with van der Waals surface area (Å²) >= 11 is 0.979. The van der Waals surface area contributed by atoms with E-state index in [9.17, 15) is 9.59 Å². The SMILES string of the molecule is CCOC(=O)c1sc(N)c(C#N)c1COC(=O)[C@@H]1C[C@H]1C. The Morgan fingerprint density at radius 1 is 1.48 bits per heavy atom. The van der Waals surface area contributed by atoms with Crippen LogP contribution in [0.5, 0.6) is 0 Å². The Labute approximate surface area is 126 Å². The molecular formula is C14H16N2O4S. The van der Waals surface area contributed by atoms with Gasteiger partial charge in [-0.15, -0.1) is 11.3 Å². The summed E-state index contributed by atoms with van der Waals surface area (Å²) in [5, 5.41) is 9.37. The molecule has 1 heterocycles. The first-order valence-electron chi connectivity index (χ1n) is 6.64. The standard InChI is InChI=1S/C14H16N2O4S/c1-3-19-14(18)11-10(9(5-15)12(16)21-11)6-20-13(17)8-4-7(8)2/h7-8H,3-4,6,16H2,1-2H3/t7-,8-/m1/s1. The minimum absolute atomic E-state index is 0.0717. The summed E-state index contributed by atoms with van der Waals surface area (Å²) in [6, 6.07) is 1.94. The molecule has 0 unspecified atom stereocenters. The normalized spacial score (nSPS) is 19.7. The molecule has 0 radical (unpaired) electrons. The fourth-order valence-electron chi connectivity index (χ4n) is 2.01. The summed E-state index contributed by atoms with van der Waals surface area (Å²) < 4.78 is 10.1. The Balaban J connectivity index is 2.17. The molecule has 0 saturated heterocycles. The van der Waals surface area contributed by atoms with Crippen molar-refractivity contribution in [2.75, 3.05) is 12.3 Å². The van der Waals surface area contributed by atoms with Crippen LogP contribution < -0.4 is 5.73 Å². The van der Waals surface area contributed by atoms with Crippen molar-refractivity contribution in [3.8, 4) is 6.07 Å². The van der Waals surface area contributed by atoms with Crippen LogP contribution in [0.1, 0.15) is 41.1 Å². The highest BCUT2D eigenvalue weighted by molar-refractivity contribution is 7.18. The quantitative estimate of drug-likeness (QED) is 0.835. The van der Waals surface area contributed by atoms with E-state index < -0.39 is 5.97 Å². The number of nitrogen functional groups attached to an aromatic ring is 1.